The van der Waals surface area contributed by atoms with Crippen LogP contribution in [0, 0.1) is 13.8 Å². The fourth-order valence-electron chi connectivity index (χ4n) is 3.52. The Balaban J connectivity index is 1.61. The van der Waals surface area contributed by atoms with E-state index in [4.69, 9.17) is 9.72 Å². The first-order valence-corrected chi connectivity index (χ1v) is 13.2. The van der Waals surface area contributed by atoms with Crippen molar-refractivity contribution in [3.63, 3.8) is 0 Å². The zero-order valence-corrected chi connectivity index (χ0v) is 20.8. The molecular formula is C25H25N3O4S2. The summed E-state index contributed by atoms with van der Waals surface area (Å²) in [7, 11) is -2.12. The lowest BCUT2D eigenvalue weighted by atomic mass is 10.1. The minimum Gasteiger partial charge on any atom is -0.497 e. The van der Waals surface area contributed by atoms with Crippen LogP contribution >= 0.6 is 11.3 Å². The van der Waals surface area contributed by atoms with E-state index in [-0.39, 0.29) is 29.5 Å². The van der Waals surface area contributed by atoms with Gasteiger partial charge in [0.15, 0.2) is 15.0 Å². The highest BCUT2D eigenvalue weighted by atomic mass is 32.2. The quantitative estimate of drug-likeness (QED) is 0.352. The number of hydrogen-bond acceptors (Lipinski definition) is 7. The summed E-state index contributed by atoms with van der Waals surface area (Å²) in [5.41, 5.74) is 3.94. The van der Waals surface area contributed by atoms with Crippen LogP contribution < -0.4 is 9.64 Å². The lowest BCUT2D eigenvalue weighted by molar-refractivity contribution is -0.118. The van der Waals surface area contributed by atoms with Crippen LogP contribution in [-0.4, -0.2) is 37.2 Å². The number of methoxy groups -OCH3 is 1. The molecule has 176 valence electrons. The van der Waals surface area contributed by atoms with Crippen LogP contribution in [-0.2, 0) is 21.2 Å². The first-order chi connectivity index (χ1) is 16.3. The molecule has 2 heterocycles. The van der Waals surface area contributed by atoms with Gasteiger partial charge in [-0.3, -0.25) is 14.7 Å². The van der Waals surface area contributed by atoms with E-state index in [2.05, 4.69) is 4.98 Å². The standard InChI is InChI=1S/C25H25N3O4S2/c1-17-4-9-22-24(18(17)2)27-25(33-22)28(16-19-10-13-26-14-11-19)23(29)12-15-34(30,31)21-7-5-20(32-3)6-8-21/h4-11,13-14H,12,15-16H2,1-3H3. The van der Waals surface area contributed by atoms with E-state index in [1.165, 1.54) is 30.6 Å². The molecular weight excluding hydrogens is 470 g/mol. The van der Waals surface area contributed by atoms with E-state index in [1.807, 2.05) is 38.1 Å². The Morgan fingerprint density at radius 2 is 1.74 bits per heavy atom. The molecule has 9 heteroatoms. The van der Waals surface area contributed by atoms with Crippen LogP contribution in [0.4, 0.5) is 5.13 Å². The van der Waals surface area contributed by atoms with Gasteiger partial charge in [0.25, 0.3) is 0 Å². The number of amides is 1. The van der Waals surface area contributed by atoms with Gasteiger partial charge in [0.05, 0.1) is 34.5 Å². The SMILES string of the molecule is COc1ccc(S(=O)(=O)CCC(=O)N(Cc2ccncc2)c2nc3c(C)c(C)ccc3s2)cc1. The van der Waals surface area contributed by atoms with Crippen LogP contribution in [0.2, 0.25) is 0 Å². The van der Waals surface area contributed by atoms with Gasteiger partial charge in [-0.05, 0) is 73.0 Å². The van der Waals surface area contributed by atoms with Crippen LogP contribution in [0.25, 0.3) is 10.2 Å². The number of aromatic nitrogens is 2. The number of ether oxygens (including phenoxy) is 1. The highest BCUT2D eigenvalue weighted by Gasteiger charge is 2.24. The lowest BCUT2D eigenvalue weighted by Crippen LogP contribution is -2.31. The van der Waals surface area contributed by atoms with Crippen LogP contribution in [0.1, 0.15) is 23.1 Å². The molecule has 1 amide bonds. The second kappa shape index (κ2) is 9.90. The number of sulfone groups is 1. The molecule has 0 saturated heterocycles. The molecule has 2 aromatic heterocycles. The molecule has 0 aliphatic rings. The van der Waals surface area contributed by atoms with Crippen molar-refractivity contribution in [2.24, 2.45) is 0 Å². The first kappa shape index (κ1) is 23.8. The van der Waals surface area contributed by atoms with Crippen molar-refractivity contribution in [3.8, 4) is 5.75 Å². The summed E-state index contributed by atoms with van der Waals surface area (Å²) in [5, 5.41) is 0.548. The number of carbonyl (C=O) groups excluding carboxylic acids is 1. The molecule has 0 N–H and O–H groups in total. The van der Waals surface area contributed by atoms with Gasteiger partial charge in [0, 0.05) is 18.8 Å². The summed E-state index contributed by atoms with van der Waals surface area (Å²) in [6, 6.07) is 13.9. The number of nitrogens with zero attached hydrogens (tertiary/aromatic N) is 3. The minimum atomic E-state index is -3.64. The number of benzene rings is 2. The topological polar surface area (TPSA) is 89.5 Å². The van der Waals surface area contributed by atoms with Crippen LogP contribution in [0.3, 0.4) is 0 Å². The number of aryl methyl sites for hydroxylation is 2. The van der Waals surface area contributed by atoms with Crippen molar-refractivity contribution in [3.05, 3.63) is 77.6 Å². The highest BCUT2D eigenvalue weighted by Crippen LogP contribution is 2.33. The minimum absolute atomic E-state index is 0.159. The summed E-state index contributed by atoms with van der Waals surface area (Å²) in [6.45, 7) is 4.32. The monoisotopic (exact) mass is 495 g/mol. The Hall–Kier alpha value is -3.30. The predicted octanol–water partition coefficient (Wildman–Crippen LogP) is 4.71. The molecule has 0 aliphatic heterocycles. The van der Waals surface area contributed by atoms with Gasteiger partial charge in [-0.2, -0.15) is 0 Å². The molecule has 0 spiro atoms. The van der Waals surface area contributed by atoms with E-state index >= 15 is 0 Å². The fraction of sp³-hybridized carbons (Fsp3) is 0.240. The summed E-state index contributed by atoms with van der Waals surface area (Å²) in [6.07, 6.45) is 3.17. The number of anilines is 1. The zero-order chi connectivity index (χ0) is 24.3. The number of rotatable bonds is 8. The zero-order valence-electron chi connectivity index (χ0n) is 19.2. The second-order valence-electron chi connectivity index (χ2n) is 7.93. The molecule has 0 aliphatic carbocycles. The Kier molecular flexibility index (Phi) is 6.95. The van der Waals surface area contributed by atoms with Crippen molar-refractivity contribution in [2.45, 2.75) is 31.7 Å². The maximum atomic E-state index is 13.3. The number of hydrogen-bond donors (Lipinski definition) is 0. The molecule has 7 nitrogen and oxygen atoms in total. The van der Waals surface area contributed by atoms with E-state index < -0.39 is 9.84 Å². The summed E-state index contributed by atoms with van der Waals surface area (Å²) in [5.74, 6) is -0.0316. The molecule has 4 aromatic rings. The van der Waals surface area contributed by atoms with Crippen molar-refractivity contribution >= 4 is 42.4 Å². The Labute approximate surface area is 203 Å². The Morgan fingerprint density at radius 1 is 1.03 bits per heavy atom. The van der Waals surface area contributed by atoms with Gasteiger partial charge in [-0.15, -0.1) is 0 Å². The predicted molar refractivity (Wildman–Crippen MR) is 134 cm³/mol. The molecule has 0 saturated carbocycles. The highest BCUT2D eigenvalue weighted by molar-refractivity contribution is 7.91. The van der Waals surface area contributed by atoms with Gasteiger partial charge in [0.2, 0.25) is 5.91 Å². The molecule has 0 radical (unpaired) electrons. The molecule has 2 aromatic carbocycles. The van der Waals surface area contributed by atoms with Gasteiger partial charge in [-0.25, -0.2) is 13.4 Å². The van der Waals surface area contributed by atoms with Crippen molar-refractivity contribution < 1.29 is 17.9 Å². The van der Waals surface area contributed by atoms with Gasteiger partial charge >= 0.3 is 0 Å². The van der Waals surface area contributed by atoms with E-state index in [0.29, 0.717) is 10.9 Å². The molecule has 34 heavy (non-hydrogen) atoms. The van der Waals surface area contributed by atoms with E-state index in [1.54, 1.807) is 29.4 Å². The van der Waals surface area contributed by atoms with Crippen LogP contribution in [0.5, 0.6) is 5.75 Å². The average molecular weight is 496 g/mol. The lowest BCUT2D eigenvalue weighted by Gasteiger charge is -2.20. The first-order valence-electron chi connectivity index (χ1n) is 10.7. The molecule has 0 unspecified atom stereocenters. The molecule has 0 bridgehead atoms. The van der Waals surface area contributed by atoms with Crippen LogP contribution in [0.15, 0.2) is 65.8 Å². The largest absolute Gasteiger partial charge is 0.497 e. The Bertz CT molecular complexity index is 1420. The third-order valence-electron chi connectivity index (χ3n) is 5.70. The third kappa shape index (κ3) is 5.10. The van der Waals surface area contributed by atoms with Crippen molar-refractivity contribution in [1.29, 1.82) is 0 Å². The fourth-order valence-corrected chi connectivity index (χ4v) is 5.79. The normalized spacial score (nSPS) is 11.5. The smallest absolute Gasteiger partial charge is 0.230 e. The van der Waals surface area contributed by atoms with Crippen molar-refractivity contribution in [1.82, 2.24) is 9.97 Å². The molecule has 4 rings (SSSR count). The number of thiazole rings is 1. The van der Waals surface area contributed by atoms with E-state index in [9.17, 15) is 13.2 Å². The Morgan fingerprint density at radius 3 is 2.41 bits per heavy atom. The van der Waals surface area contributed by atoms with Gasteiger partial charge < -0.3 is 4.74 Å². The third-order valence-corrected chi connectivity index (χ3v) is 8.47. The molecule has 0 atom stereocenters. The maximum Gasteiger partial charge on any atom is 0.230 e. The average Bonchev–Trinajstić information content (AvgIpc) is 3.29. The van der Waals surface area contributed by atoms with Crippen molar-refractivity contribution in [2.75, 3.05) is 17.8 Å². The number of fused-ring (bicyclic) bond motifs is 1. The number of pyridine rings is 1. The summed E-state index contributed by atoms with van der Waals surface area (Å²) >= 11 is 1.42. The molecule has 0 fully saturated rings. The second-order valence-corrected chi connectivity index (χ2v) is 11.0. The summed E-state index contributed by atoms with van der Waals surface area (Å²) in [4.78, 5) is 23.9. The van der Waals surface area contributed by atoms with Gasteiger partial charge in [0.1, 0.15) is 5.75 Å². The maximum absolute atomic E-state index is 13.3. The van der Waals surface area contributed by atoms with E-state index in [0.717, 1.165) is 26.9 Å². The number of carbonyl (C=O) groups is 1. The summed E-state index contributed by atoms with van der Waals surface area (Å²) < 4.78 is 31.8. The van der Waals surface area contributed by atoms with Gasteiger partial charge in [-0.1, -0.05) is 17.4 Å².